The zero-order valence-electron chi connectivity index (χ0n) is 9.81. The Morgan fingerprint density at radius 3 is 2.94 bits per heavy atom. The minimum absolute atomic E-state index is 0.0181. The van der Waals surface area contributed by atoms with Crippen molar-refractivity contribution in [3.05, 3.63) is 12.3 Å². The fourth-order valence-corrected chi connectivity index (χ4v) is 3.47. The molecule has 3 fully saturated rings. The molecule has 5 unspecified atom stereocenters. The molecule has 0 aromatic carbocycles. The fraction of sp³-hybridized carbons (Fsp3) is 0.769. The van der Waals surface area contributed by atoms with Gasteiger partial charge in [0.05, 0.1) is 11.7 Å². The summed E-state index contributed by atoms with van der Waals surface area (Å²) in [5, 5.41) is 0. The smallest absolute Gasteiger partial charge is 0.308 e. The minimum Gasteiger partial charge on any atom is -0.491 e. The molecule has 16 heavy (non-hydrogen) atoms. The number of esters is 1. The van der Waals surface area contributed by atoms with Gasteiger partial charge in [-0.1, -0.05) is 20.4 Å². The van der Waals surface area contributed by atoms with E-state index in [1.54, 1.807) is 0 Å². The molecule has 88 valence electrons. The van der Waals surface area contributed by atoms with Crippen LogP contribution in [-0.4, -0.2) is 18.2 Å². The minimum atomic E-state index is -0.102. The van der Waals surface area contributed by atoms with Crippen LogP contribution in [0.1, 0.15) is 26.7 Å². The predicted octanol–water partition coefficient (Wildman–Crippen LogP) is 2.12. The summed E-state index contributed by atoms with van der Waals surface area (Å²) >= 11 is 0. The Kier molecular flexibility index (Phi) is 2.07. The lowest BCUT2D eigenvalue weighted by Crippen LogP contribution is -2.36. The van der Waals surface area contributed by atoms with Crippen LogP contribution in [0.25, 0.3) is 0 Å². The van der Waals surface area contributed by atoms with E-state index in [2.05, 4.69) is 6.58 Å². The van der Waals surface area contributed by atoms with E-state index in [0.717, 1.165) is 18.6 Å². The maximum atomic E-state index is 11.6. The van der Waals surface area contributed by atoms with Crippen molar-refractivity contribution in [3.8, 4) is 0 Å². The SMILES string of the molecule is C=C1OC2C3CC(CC13)C2OC(=O)C(C)C. The highest BCUT2D eigenvalue weighted by Crippen LogP contribution is 2.58. The second kappa shape index (κ2) is 3.25. The third kappa shape index (κ3) is 1.23. The molecule has 3 nitrogen and oxygen atoms in total. The van der Waals surface area contributed by atoms with Crippen LogP contribution in [0.5, 0.6) is 0 Å². The summed E-state index contributed by atoms with van der Waals surface area (Å²) < 4.78 is 11.3. The van der Waals surface area contributed by atoms with E-state index in [1.165, 1.54) is 0 Å². The largest absolute Gasteiger partial charge is 0.491 e. The Morgan fingerprint density at radius 2 is 2.25 bits per heavy atom. The molecule has 0 aromatic rings. The Bertz CT molecular complexity index is 347. The van der Waals surface area contributed by atoms with Crippen LogP contribution in [0.2, 0.25) is 0 Å². The molecule has 3 heteroatoms. The highest BCUT2D eigenvalue weighted by atomic mass is 16.6. The van der Waals surface area contributed by atoms with E-state index >= 15 is 0 Å². The van der Waals surface area contributed by atoms with Crippen LogP contribution in [0.3, 0.4) is 0 Å². The van der Waals surface area contributed by atoms with Crippen molar-refractivity contribution >= 4 is 5.97 Å². The third-order valence-electron chi connectivity index (χ3n) is 4.28. The molecule has 2 bridgehead atoms. The molecule has 3 aliphatic rings. The molecule has 0 N–H and O–H groups in total. The van der Waals surface area contributed by atoms with Crippen LogP contribution in [0, 0.1) is 23.7 Å². The van der Waals surface area contributed by atoms with Crippen molar-refractivity contribution in [3.63, 3.8) is 0 Å². The first-order chi connectivity index (χ1) is 7.58. The second-order valence-electron chi connectivity index (χ2n) is 5.61. The average molecular weight is 222 g/mol. The quantitative estimate of drug-likeness (QED) is 0.671. The fourth-order valence-electron chi connectivity index (χ4n) is 3.47. The van der Waals surface area contributed by atoms with E-state index in [9.17, 15) is 4.79 Å². The Morgan fingerprint density at radius 1 is 1.50 bits per heavy atom. The van der Waals surface area contributed by atoms with Crippen LogP contribution in [-0.2, 0) is 14.3 Å². The highest BCUT2D eigenvalue weighted by Gasteiger charge is 2.61. The van der Waals surface area contributed by atoms with E-state index < -0.39 is 0 Å². The molecule has 2 aliphatic carbocycles. The molecule has 2 saturated carbocycles. The van der Waals surface area contributed by atoms with Crippen LogP contribution in [0.4, 0.5) is 0 Å². The summed E-state index contributed by atoms with van der Waals surface area (Å²) in [6.07, 6.45) is 2.31. The van der Waals surface area contributed by atoms with Crippen molar-refractivity contribution in [1.29, 1.82) is 0 Å². The monoisotopic (exact) mass is 222 g/mol. The van der Waals surface area contributed by atoms with Gasteiger partial charge >= 0.3 is 5.97 Å². The molecule has 0 amide bonds. The summed E-state index contributed by atoms with van der Waals surface area (Å²) in [5.41, 5.74) is 0. The van der Waals surface area contributed by atoms with Gasteiger partial charge in [0, 0.05) is 17.8 Å². The zero-order chi connectivity index (χ0) is 11.4. The van der Waals surface area contributed by atoms with Gasteiger partial charge in [-0.2, -0.15) is 0 Å². The first kappa shape index (κ1) is 10.2. The topological polar surface area (TPSA) is 35.5 Å². The highest BCUT2D eigenvalue weighted by molar-refractivity contribution is 5.71. The lowest BCUT2D eigenvalue weighted by atomic mass is 9.87. The number of rotatable bonds is 2. The average Bonchev–Trinajstić information content (AvgIpc) is 2.81. The van der Waals surface area contributed by atoms with Gasteiger partial charge in [0.2, 0.25) is 0 Å². The molecule has 1 heterocycles. The summed E-state index contributed by atoms with van der Waals surface area (Å²) in [6.45, 7) is 7.70. The number of carbonyl (C=O) groups excluding carboxylic acids is 1. The predicted molar refractivity (Wildman–Crippen MR) is 58.4 cm³/mol. The van der Waals surface area contributed by atoms with Gasteiger partial charge in [0.1, 0.15) is 12.2 Å². The van der Waals surface area contributed by atoms with Gasteiger partial charge in [-0.05, 0) is 12.8 Å². The normalized spacial score (nSPS) is 43.9. The van der Waals surface area contributed by atoms with E-state index in [1.807, 2.05) is 13.8 Å². The lowest BCUT2D eigenvalue weighted by Gasteiger charge is -2.26. The van der Waals surface area contributed by atoms with Crippen molar-refractivity contribution < 1.29 is 14.3 Å². The third-order valence-corrected chi connectivity index (χ3v) is 4.28. The van der Waals surface area contributed by atoms with Crippen molar-refractivity contribution in [2.75, 3.05) is 0 Å². The number of fused-ring (bicyclic) bond motifs is 1. The first-order valence-electron chi connectivity index (χ1n) is 6.14. The van der Waals surface area contributed by atoms with Gasteiger partial charge in [-0.15, -0.1) is 0 Å². The van der Waals surface area contributed by atoms with E-state index in [0.29, 0.717) is 17.8 Å². The summed E-state index contributed by atoms with van der Waals surface area (Å²) in [4.78, 5) is 11.6. The molecule has 5 atom stereocenters. The number of ether oxygens (including phenoxy) is 2. The van der Waals surface area contributed by atoms with Crippen LogP contribution < -0.4 is 0 Å². The summed E-state index contributed by atoms with van der Waals surface area (Å²) in [6, 6.07) is 0. The molecular weight excluding hydrogens is 204 g/mol. The number of allylic oxidation sites excluding steroid dienone is 1. The molecular formula is C13H18O3. The Hall–Kier alpha value is -0.990. The van der Waals surface area contributed by atoms with Gasteiger partial charge in [-0.3, -0.25) is 4.79 Å². The lowest BCUT2D eigenvalue weighted by molar-refractivity contribution is -0.160. The molecule has 0 aromatic heterocycles. The summed E-state index contributed by atoms with van der Waals surface area (Å²) in [5.74, 6) is 2.35. The number of carbonyl (C=O) groups is 1. The van der Waals surface area contributed by atoms with Gasteiger partial charge < -0.3 is 9.47 Å². The molecule has 0 spiro atoms. The molecule has 1 aliphatic heterocycles. The number of hydrogen-bond donors (Lipinski definition) is 0. The van der Waals surface area contributed by atoms with Crippen molar-refractivity contribution in [2.24, 2.45) is 23.7 Å². The number of hydrogen-bond acceptors (Lipinski definition) is 3. The van der Waals surface area contributed by atoms with E-state index in [-0.39, 0.29) is 24.1 Å². The van der Waals surface area contributed by atoms with Gasteiger partial charge in [0.25, 0.3) is 0 Å². The first-order valence-corrected chi connectivity index (χ1v) is 6.14. The Labute approximate surface area is 95.8 Å². The molecule has 0 radical (unpaired) electrons. The van der Waals surface area contributed by atoms with Crippen molar-refractivity contribution in [2.45, 2.75) is 38.9 Å². The van der Waals surface area contributed by atoms with Gasteiger partial charge in [0.15, 0.2) is 0 Å². The van der Waals surface area contributed by atoms with Crippen molar-refractivity contribution in [1.82, 2.24) is 0 Å². The molecule has 1 saturated heterocycles. The maximum absolute atomic E-state index is 11.6. The van der Waals surface area contributed by atoms with Crippen LogP contribution >= 0.6 is 0 Å². The van der Waals surface area contributed by atoms with Gasteiger partial charge in [-0.25, -0.2) is 0 Å². The van der Waals surface area contributed by atoms with E-state index in [4.69, 9.17) is 9.47 Å². The Balaban J connectivity index is 1.75. The second-order valence-corrected chi connectivity index (χ2v) is 5.61. The summed E-state index contributed by atoms with van der Waals surface area (Å²) in [7, 11) is 0. The standard InChI is InChI=1S/C13H18O3/c1-6(2)13(14)16-11-8-4-9-7(3)15-12(11)10(9)5-8/h6,8-12H,3-5H2,1-2H3. The van der Waals surface area contributed by atoms with Crippen LogP contribution in [0.15, 0.2) is 12.3 Å². The zero-order valence-corrected chi connectivity index (χ0v) is 9.81. The maximum Gasteiger partial charge on any atom is 0.308 e. The molecule has 3 rings (SSSR count).